The summed E-state index contributed by atoms with van der Waals surface area (Å²) in [6, 6.07) is 7.75. The van der Waals surface area contributed by atoms with Gasteiger partial charge in [-0.3, -0.25) is 0 Å². The minimum absolute atomic E-state index is 0.314. The van der Waals surface area contributed by atoms with Gasteiger partial charge in [0.2, 0.25) is 11.1 Å². The molecule has 0 aliphatic heterocycles. The number of rotatable bonds is 2. The Balaban J connectivity index is 1.84. The highest BCUT2D eigenvalue weighted by molar-refractivity contribution is 7.13. The normalized spacial score (nSPS) is 11.9. The van der Waals surface area contributed by atoms with Gasteiger partial charge in [-0.2, -0.15) is 4.99 Å². The van der Waals surface area contributed by atoms with E-state index in [-0.39, 0.29) is 0 Å². The van der Waals surface area contributed by atoms with Crippen molar-refractivity contribution in [3.05, 3.63) is 41.6 Å². The number of fused-ring (bicyclic) bond motifs is 1. The third-order valence-electron chi connectivity index (χ3n) is 2.55. The number of nitrogens with one attached hydrogen (secondary N) is 1. The number of thiazole rings is 1. The van der Waals surface area contributed by atoms with Crippen molar-refractivity contribution in [3.8, 4) is 0 Å². The predicted octanol–water partition coefficient (Wildman–Crippen LogP) is 3.26. The summed E-state index contributed by atoms with van der Waals surface area (Å²) in [5.74, 6) is 1.20. The summed E-state index contributed by atoms with van der Waals surface area (Å²) in [6.07, 6.45) is 1.69. The fourth-order valence-corrected chi connectivity index (χ4v) is 2.32. The zero-order valence-electron chi connectivity index (χ0n) is 10.3. The van der Waals surface area contributed by atoms with E-state index in [1.54, 1.807) is 6.20 Å². The highest BCUT2D eigenvalue weighted by Gasteiger charge is 2.03. The van der Waals surface area contributed by atoms with Crippen LogP contribution in [-0.4, -0.2) is 10.9 Å². The SMILES string of the molecule is Cc1cc2cc(N/C(N)=N\c3nccs3)ccc2o1. The molecule has 3 aromatic rings. The van der Waals surface area contributed by atoms with Gasteiger partial charge in [0.15, 0.2) is 0 Å². The molecule has 2 aromatic heterocycles. The summed E-state index contributed by atoms with van der Waals surface area (Å²) in [5.41, 5.74) is 7.55. The molecule has 0 unspecified atom stereocenters. The van der Waals surface area contributed by atoms with Gasteiger partial charge in [-0.25, -0.2) is 4.98 Å². The number of anilines is 1. The second-order valence-electron chi connectivity index (χ2n) is 4.05. The molecule has 0 aliphatic rings. The van der Waals surface area contributed by atoms with Crippen LogP contribution >= 0.6 is 11.3 Å². The molecule has 0 spiro atoms. The Bertz CT molecular complexity index is 730. The quantitative estimate of drug-likeness (QED) is 0.554. The lowest BCUT2D eigenvalue weighted by Crippen LogP contribution is -2.21. The summed E-state index contributed by atoms with van der Waals surface area (Å²) in [6.45, 7) is 1.92. The van der Waals surface area contributed by atoms with Crippen LogP contribution in [0.15, 0.2) is 45.3 Å². The molecule has 0 aliphatic carbocycles. The van der Waals surface area contributed by atoms with E-state index in [1.165, 1.54) is 11.3 Å². The van der Waals surface area contributed by atoms with Crippen LogP contribution in [0.4, 0.5) is 10.8 Å². The molecule has 0 atom stereocenters. The van der Waals surface area contributed by atoms with Gasteiger partial charge < -0.3 is 15.5 Å². The average Bonchev–Trinajstić information content (AvgIpc) is 2.96. The number of furan rings is 1. The van der Waals surface area contributed by atoms with Gasteiger partial charge in [-0.05, 0) is 31.2 Å². The smallest absolute Gasteiger partial charge is 0.212 e. The van der Waals surface area contributed by atoms with Crippen LogP contribution in [0.25, 0.3) is 11.0 Å². The molecule has 2 heterocycles. The van der Waals surface area contributed by atoms with Crippen molar-refractivity contribution in [3.63, 3.8) is 0 Å². The van der Waals surface area contributed by atoms with Gasteiger partial charge in [-0.1, -0.05) is 0 Å². The summed E-state index contributed by atoms with van der Waals surface area (Å²) in [7, 11) is 0. The van der Waals surface area contributed by atoms with E-state index in [9.17, 15) is 0 Å². The predicted molar refractivity (Wildman–Crippen MR) is 78.0 cm³/mol. The number of aryl methyl sites for hydroxylation is 1. The molecule has 0 saturated carbocycles. The minimum Gasteiger partial charge on any atom is -0.461 e. The Morgan fingerprint density at radius 3 is 3.11 bits per heavy atom. The number of hydrogen-bond acceptors (Lipinski definition) is 4. The van der Waals surface area contributed by atoms with E-state index < -0.39 is 0 Å². The maximum absolute atomic E-state index is 5.83. The van der Waals surface area contributed by atoms with E-state index in [1.807, 2.05) is 36.6 Å². The van der Waals surface area contributed by atoms with Crippen molar-refractivity contribution in [2.75, 3.05) is 5.32 Å². The first-order valence-electron chi connectivity index (χ1n) is 5.71. The molecule has 1 aromatic carbocycles. The fraction of sp³-hybridized carbons (Fsp3) is 0.0769. The number of nitrogens with two attached hydrogens (primary N) is 1. The lowest BCUT2D eigenvalue weighted by Gasteiger charge is -2.04. The first-order chi connectivity index (χ1) is 9.20. The van der Waals surface area contributed by atoms with Crippen LogP contribution in [0, 0.1) is 6.92 Å². The fourth-order valence-electron chi connectivity index (χ4n) is 1.80. The van der Waals surface area contributed by atoms with Gasteiger partial charge in [0.25, 0.3) is 0 Å². The first kappa shape index (κ1) is 11.7. The van der Waals surface area contributed by atoms with Gasteiger partial charge in [0, 0.05) is 22.7 Å². The molecule has 0 bridgehead atoms. The average molecular weight is 272 g/mol. The third-order valence-corrected chi connectivity index (χ3v) is 3.21. The van der Waals surface area contributed by atoms with Crippen molar-refractivity contribution >= 4 is 39.1 Å². The summed E-state index contributed by atoms with van der Waals surface area (Å²) >= 11 is 1.43. The summed E-state index contributed by atoms with van der Waals surface area (Å²) < 4.78 is 5.52. The highest BCUT2D eigenvalue weighted by Crippen LogP contribution is 2.22. The van der Waals surface area contributed by atoms with Crippen LogP contribution < -0.4 is 11.1 Å². The molecule has 0 saturated heterocycles. The number of hydrogen-bond donors (Lipinski definition) is 2. The van der Waals surface area contributed by atoms with Crippen molar-refractivity contribution in [2.45, 2.75) is 6.92 Å². The molecule has 0 fully saturated rings. The second-order valence-corrected chi connectivity index (χ2v) is 4.92. The Morgan fingerprint density at radius 2 is 2.32 bits per heavy atom. The second kappa shape index (κ2) is 4.74. The maximum atomic E-state index is 5.83. The number of guanidine groups is 1. The molecule has 3 N–H and O–H groups in total. The van der Waals surface area contributed by atoms with Gasteiger partial charge >= 0.3 is 0 Å². The van der Waals surface area contributed by atoms with E-state index in [4.69, 9.17) is 10.2 Å². The summed E-state index contributed by atoms with van der Waals surface area (Å²) in [5, 5.41) is 6.55. The number of aromatic nitrogens is 1. The molecule has 0 radical (unpaired) electrons. The lowest BCUT2D eigenvalue weighted by molar-refractivity contribution is 0.578. The van der Waals surface area contributed by atoms with Crippen LogP contribution in [0.2, 0.25) is 0 Å². The minimum atomic E-state index is 0.314. The zero-order valence-corrected chi connectivity index (χ0v) is 11.1. The molecule has 5 nitrogen and oxygen atoms in total. The Labute approximate surface area is 113 Å². The topological polar surface area (TPSA) is 76.4 Å². The Hall–Kier alpha value is -2.34. The van der Waals surface area contributed by atoms with Crippen LogP contribution in [0.3, 0.4) is 0 Å². The van der Waals surface area contributed by atoms with Crippen LogP contribution in [0.1, 0.15) is 5.76 Å². The molecule has 6 heteroatoms. The van der Waals surface area contributed by atoms with Gasteiger partial charge in [-0.15, -0.1) is 11.3 Å². The maximum Gasteiger partial charge on any atom is 0.212 e. The van der Waals surface area contributed by atoms with E-state index in [0.29, 0.717) is 11.1 Å². The highest BCUT2D eigenvalue weighted by atomic mass is 32.1. The number of aliphatic imine (C=N–C) groups is 1. The summed E-state index contributed by atoms with van der Waals surface area (Å²) in [4.78, 5) is 8.21. The Kier molecular flexibility index (Phi) is 2.92. The van der Waals surface area contributed by atoms with Crippen LogP contribution in [0.5, 0.6) is 0 Å². The largest absolute Gasteiger partial charge is 0.461 e. The molecule has 0 amide bonds. The number of nitrogens with zero attached hydrogens (tertiary/aromatic N) is 2. The molecular weight excluding hydrogens is 260 g/mol. The monoisotopic (exact) mass is 272 g/mol. The molecular formula is C13H12N4OS. The van der Waals surface area contributed by atoms with Crippen molar-refractivity contribution in [1.29, 1.82) is 0 Å². The first-order valence-corrected chi connectivity index (χ1v) is 6.59. The molecule has 19 heavy (non-hydrogen) atoms. The van der Waals surface area contributed by atoms with Gasteiger partial charge in [0.05, 0.1) is 0 Å². The standard InChI is InChI=1S/C13H12N4OS/c1-8-6-9-7-10(2-3-11(9)18-8)16-12(14)17-13-15-4-5-19-13/h2-7H,1H3,(H3,14,15,16,17). The zero-order chi connectivity index (χ0) is 13.2. The number of benzene rings is 1. The van der Waals surface area contributed by atoms with E-state index in [2.05, 4.69) is 15.3 Å². The lowest BCUT2D eigenvalue weighted by atomic mass is 10.2. The van der Waals surface area contributed by atoms with Crippen molar-refractivity contribution in [2.24, 2.45) is 10.7 Å². The van der Waals surface area contributed by atoms with Gasteiger partial charge in [0.1, 0.15) is 11.3 Å². The molecule has 3 rings (SSSR count). The third kappa shape index (κ3) is 2.58. The van der Waals surface area contributed by atoms with Crippen molar-refractivity contribution < 1.29 is 4.42 Å². The van der Waals surface area contributed by atoms with Crippen LogP contribution in [-0.2, 0) is 0 Å². The van der Waals surface area contributed by atoms with Crippen molar-refractivity contribution in [1.82, 2.24) is 4.98 Å². The van der Waals surface area contributed by atoms with E-state index >= 15 is 0 Å². The Morgan fingerprint density at radius 1 is 1.42 bits per heavy atom. The molecule has 96 valence electrons. The van der Waals surface area contributed by atoms with E-state index in [0.717, 1.165) is 22.4 Å².